The Morgan fingerprint density at radius 1 is 1.65 bits per heavy atom. The summed E-state index contributed by atoms with van der Waals surface area (Å²) < 4.78 is 1.15. The van der Waals surface area contributed by atoms with Gasteiger partial charge >= 0.3 is 0 Å². The van der Waals surface area contributed by atoms with Crippen molar-refractivity contribution in [3.63, 3.8) is 0 Å². The van der Waals surface area contributed by atoms with Crippen LogP contribution >= 0.6 is 33.9 Å². The Balaban J connectivity index is 2.09. The molecule has 0 aromatic carbocycles. The van der Waals surface area contributed by atoms with Crippen molar-refractivity contribution in [3.05, 3.63) is 19.9 Å². The largest absolute Gasteiger partial charge is 0.338 e. The normalized spacial score (nSPS) is 23.9. The van der Waals surface area contributed by atoms with Crippen molar-refractivity contribution in [3.8, 4) is 0 Å². The van der Waals surface area contributed by atoms with E-state index in [0.29, 0.717) is 18.5 Å². The average molecular weight is 364 g/mol. The summed E-state index contributed by atoms with van der Waals surface area (Å²) >= 11 is 3.86. The maximum Gasteiger partial charge on any atom is 0.254 e. The van der Waals surface area contributed by atoms with E-state index >= 15 is 0 Å². The first-order valence-corrected chi connectivity index (χ1v) is 7.80. The van der Waals surface area contributed by atoms with Crippen LogP contribution in [0.1, 0.15) is 29.6 Å². The van der Waals surface area contributed by atoms with Gasteiger partial charge in [-0.1, -0.05) is 6.42 Å². The van der Waals surface area contributed by atoms with E-state index < -0.39 is 0 Å². The number of carbonyl (C=O) groups is 1. The molecule has 1 aromatic heterocycles. The molecule has 2 N–H and O–H groups in total. The predicted molar refractivity (Wildman–Crippen MR) is 79.3 cm³/mol. The summed E-state index contributed by atoms with van der Waals surface area (Å²) in [5, 5.41) is 1.94. The van der Waals surface area contributed by atoms with E-state index in [0.717, 1.165) is 21.3 Å². The highest BCUT2D eigenvalue weighted by atomic mass is 127. The van der Waals surface area contributed by atoms with Crippen LogP contribution in [0.2, 0.25) is 0 Å². The first-order valence-electron chi connectivity index (χ1n) is 5.84. The van der Waals surface area contributed by atoms with Crippen molar-refractivity contribution in [1.82, 2.24) is 4.90 Å². The smallest absolute Gasteiger partial charge is 0.254 e. The third-order valence-corrected chi connectivity index (χ3v) is 5.34. The summed E-state index contributed by atoms with van der Waals surface area (Å²) in [5.41, 5.74) is 6.58. The maximum atomic E-state index is 12.3. The molecule has 0 saturated heterocycles. The van der Waals surface area contributed by atoms with E-state index in [2.05, 4.69) is 22.6 Å². The lowest BCUT2D eigenvalue weighted by Crippen LogP contribution is -2.41. The summed E-state index contributed by atoms with van der Waals surface area (Å²) in [6.07, 6.45) is 3.43. The highest BCUT2D eigenvalue weighted by Crippen LogP contribution is 2.30. The Kier molecular flexibility index (Phi) is 4.43. The van der Waals surface area contributed by atoms with Crippen LogP contribution in [-0.4, -0.2) is 30.4 Å². The zero-order chi connectivity index (χ0) is 12.4. The zero-order valence-corrected chi connectivity index (χ0v) is 12.8. The molecular weight excluding hydrogens is 347 g/mol. The molecule has 2 unspecified atom stereocenters. The minimum atomic E-state index is 0.134. The standard InChI is InChI=1S/C12H17IN2OS/c1-15(10-4-2-3-8(10)6-14)12(16)9-5-11(13)17-7-9/h5,7-8,10H,2-4,6,14H2,1H3. The molecular formula is C12H17IN2OS. The SMILES string of the molecule is CN(C(=O)c1csc(I)c1)C1CCCC1CN. The second-order valence-electron chi connectivity index (χ2n) is 4.55. The van der Waals surface area contributed by atoms with Crippen LogP contribution in [0.3, 0.4) is 0 Å². The summed E-state index contributed by atoms with van der Waals surface area (Å²) in [6, 6.07) is 2.28. The molecule has 2 rings (SSSR count). The lowest BCUT2D eigenvalue weighted by molar-refractivity contribution is 0.0700. The molecule has 1 heterocycles. The Morgan fingerprint density at radius 3 is 3.00 bits per heavy atom. The monoisotopic (exact) mass is 364 g/mol. The van der Waals surface area contributed by atoms with E-state index in [9.17, 15) is 4.79 Å². The van der Waals surface area contributed by atoms with Gasteiger partial charge in [-0.3, -0.25) is 4.79 Å². The lowest BCUT2D eigenvalue weighted by atomic mass is 10.0. The van der Waals surface area contributed by atoms with Gasteiger partial charge in [-0.05, 0) is 54.0 Å². The molecule has 1 amide bonds. The number of hydrogen-bond acceptors (Lipinski definition) is 3. The molecule has 1 aliphatic carbocycles. The third kappa shape index (κ3) is 2.82. The molecule has 1 aromatic rings. The quantitative estimate of drug-likeness (QED) is 0.838. The Hall–Kier alpha value is -0.140. The molecule has 1 fully saturated rings. The van der Waals surface area contributed by atoms with Crippen LogP contribution in [0.25, 0.3) is 0 Å². The summed E-state index contributed by atoms with van der Waals surface area (Å²) in [4.78, 5) is 14.2. The predicted octanol–water partition coefficient (Wildman–Crippen LogP) is 2.55. The fourth-order valence-electron chi connectivity index (χ4n) is 2.58. The summed E-state index contributed by atoms with van der Waals surface area (Å²) in [7, 11) is 1.91. The minimum Gasteiger partial charge on any atom is -0.338 e. The number of nitrogens with two attached hydrogens (primary N) is 1. The second kappa shape index (κ2) is 5.67. The first-order chi connectivity index (χ1) is 8.13. The van der Waals surface area contributed by atoms with Crippen molar-refractivity contribution >= 4 is 39.8 Å². The second-order valence-corrected chi connectivity index (χ2v) is 7.36. The number of halogens is 1. The van der Waals surface area contributed by atoms with Crippen molar-refractivity contribution in [1.29, 1.82) is 0 Å². The number of nitrogens with zero attached hydrogens (tertiary/aromatic N) is 1. The number of thiophene rings is 1. The van der Waals surface area contributed by atoms with Gasteiger partial charge in [0.05, 0.1) is 8.45 Å². The Morgan fingerprint density at radius 2 is 2.41 bits per heavy atom. The molecule has 0 radical (unpaired) electrons. The van der Waals surface area contributed by atoms with Crippen LogP contribution in [-0.2, 0) is 0 Å². The van der Waals surface area contributed by atoms with Crippen LogP contribution in [0.5, 0.6) is 0 Å². The van der Waals surface area contributed by atoms with Crippen LogP contribution in [0.15, 0.2) is 11.4 Å². The van der Waals surface area contributed by atoms with Crippen molar-refractivity contribution in [2.24, 2.45) is 11.7 Å². The molecule has 1 saturated carbocycles. The van der Waals surface area contributed by atoms with Gasteiger partial charge < -0.3 is 10.6 Å². The fraction of sp³-hybridized carbons (Fsp3) is 0.583. The molecule has 1 aliphatic rings. The highest BCUT2D eigenvalue weighted by molar-refractivity contribution is 14.1. The van der Waals surface area contributed by atoms with Crippen LogP contribution < -0.4 is 5.73 Å². The molecule has 3 nitrogen and oxygen atoms in total. The summed E-state index contributed by atoms with van der Waals surface area (Å²) in [6.45, 7) is 0.684. The molecule has 0 aliphatic heterocycles. The fourth-order valence-corrected chi connectivity index (χ4v) is 3.90. The van der Waals surface area contributed by atoms with E-state index in [-0.39, 0.29) is 5.91 Å². The zero-order valence-electron chi connectivity index (χ0n) is 9.86. The molecule has 5 heteroatoms. The van der Waals surface area contributed by atoms with Gasteiger partial charge in [-0.15, -0.1) is 11.3 Å². The molecule has 94 valence electrons. The molecule has 2 atom stereocenters. The Bertz CT molecular complexity index is 407. The minimum absolute atomic E-state index is 0.134. The van der Waals surface area contributed by atoms with Gasteiger partial charge in [-0.2, -0.15) is 0 Å². The summed E-state index contributed by atoms with van der Waals surface area (Å²) in [5.74, 6) is 0.608. The van der Waals surface area contributed by atoms with Crippen molar-refractivity contribution < 1.29 is 4.79 Å². The van der Waals surface area contributed by atoms with Crippen molar-refractivity contribution in [2.75, 3.05) is 13.6 Å². The Labute approximate surface area is 120 Å². The molecule has 0 bridgehead atoms. The van der Waals surface area contributed by atoms with E-state index in [1.54, 1.807) is 11.3 Å². The maximum absolute atomic E-state index is 12.3. The third-order valence-electron chi connectivity index (χ3n) is 3.55. The number of hydrogen-bond donors (Lipinski definition) is 1. The van der Waals surface area contributed by atoms with Crippen LogP contribution in [0, 0.1) is 8.80 Å². The van der Waals surface area contributed by atoms with Gasteiger partial charge in [0.2, 0.25) is 0 Å². The van der Waals surface area contributed by atoms with Gasteiger partial charge in [0.1, 0.15) is 0 Å². The first kappa shape index (κ1) is 13.3. The topological polar surface area (TPSA) is 46.3 Å². The number of amides is 1. The van der Waals surface area contributed by atoms with Gasteiger partial charge in [0.25, 0.3) is 5.91 Å². The van der Waals surface area contributed by atoms with Crippen LogP contribution in [0.4, 0.5) is 0 Å². The van der Waals surface area contributed by atoms with E-state index in [1.807, 2.05) is 23.4 Å². The highest BCUT2D eigenvalue weighted by Gasteiger charge is 2.32. The van der Waals surface area contributed by atoms with Crippen molar-refractivity contribution in [2.45, 2.75) is 25.3 Å². The van der Waals surface area contributed by atoms with Gasteiger partial charge in [0.15, 0.2) is 0 Å². The average Bonchev–Trinajstić information content (AvgIpc) is 2.95. The molecule has 0 spiro atoms. The van der Waals surface area contributed by atoms with Gasteiger partial charge in [-0.25, -0.2) is 0 Å². The molecule has 17 heavy (non-hydrogen) atoms. The number of rotatable bonds is 3. The van der Waals surface area contributed by atoms with E-state index in [1.165, 1.54) is 6.42 Å². The van der Waals surface area contributed by atoms with E-state index in [4.69, 9.17) is 5.73 Å². The lowest BCUT2D eigenvalue weighted by Gasteiger charge is -2.29. The number of carbonyl (C=O) groups excluding carboxylic acids is 1. The van der Waals surface area contributed by atoms with Gasteiger partial charge in [0, 0.05) is 18.5 Å².